The van der Waals surface area contributed by atoms with Crippen LogP contribution in [0.25, 0.3) is 0 Å². The summed E-state index contributed by atoms with van der Waals surface area (Å²) in [6, 6.07) is 1.13. The molecule has 0 saturated carbocycles. The summed E-state index contributed by atoms with van der Waals surface area (Å²) >= 11 is 6.06. The first-order valence-electron chi connectivity index (χ1n) is 9.87. The van der Waals surface area contributed by atoms with Gasteiger partial charge in [0.15, 0.2) is 6.54 Å². The molecule has 1 amide bonds. The minimum Gasteiger partial charge on any atom is -0.349 e. The van der Waals surface area contributed by atoms with E-state index in [1.807, 2.05) is 11.8 Å². The molecule has 0 unspecified atom stereocenters. The number of quaternary nitrogens is 1. The van der Waals surface area contributed by atoms with Crippen molar-refractivity contribution in [1.82, 2.24) is 5.32 Å². The summed E-state index contributed by atoms with van der Waals surface area (Å²) in [4.78, 5) is 18.0. The fraction of sp³-hybridized carbons (Fsp3) is 0.684. The molecule has 0 aromatic carbocycles. The summed E-state index contributed by atoms with van der Waals surface area (Å²) in [6.45, 7) is 7.29. The maximum Gasteiger partial charge on any atom is 0.419 e. The lowest BCUT2D eigenvalue weighted by Gasteiger charge is -2.28. The number of halogens is 4. The van der Waals surface area contributed by atoms with Crippen molar-refractivity contribution in [2.75, 3.05) is 37.6 Å². The second-order valence-corrected chi connectivity index (χ2v) is 7.87. The predicted octanol–water partition coefficient (Wildman–Crippen LogP) is 1.96. The Kier molecular flexibility index (Phi) is 8.37. The van der Waals surface area contributed by atoms with E-state index in [1.54, 1.807) is 0 Å². The number of unbranched alkanes of at least 4 members (excludes halogenated alkanes) is 2. The molecule has 1 saturated heterocycles. The Morgan fingerprint density at radius 1 is 1.36 bits per heavy atom. The number of alkyl halides is 3. The molecule has 1 aromatic heterocycles. The lowest BCUT2D eigenvalue weighted by Crippen LogP contribution is -3.16. The number of rotatable bonds is 8. The average Bonchev–Trinajstić information content (AvgIpc) is 2.62. The third-order valence-corrected chi connectivity index (χ3v) is 5.33. The molecule has 0 radical (unpaired) electrons. The highest BCUT2D eigenvalue weighted by atomic mass is 35.5. The minimum absolute atomic E-state index is 0.0478. The quantitative estimate of drug-likeness (QED) is 0.629. The number of hydrogen-bond donors (Lipinski definition) is 2. The van der Waals surface area contributed by atoms with Gasteiger partial charge in [-0.3, -0.25) is 4.79 Å². The SMILES string of the molecule is CCCCC[C@H](C)NC(=O)C[NH+]1CCN(c2[nH+]cc(C(F)(F)F)cc2Cl)CC1. The van der Waals surface area contributed by atoms with Crippen molar-refractivity contribution in [3.8, 4) is 0 Å². The molecule has 3 N–H and O–H groups in total. The predicted molar refractivity (Wildman–Crippen MR) is 103 cm³/mol. The number of carbonyl (C=O) groups excluding carboxylic acids is 1. The summed E-state index contributed by atoms with van der Waals surface area (Å²) in [5.41, 5.74) is -0.796. The number of aromatic nitrogens is 1. The van der Waals surface area contributed by atoms with E-state index < -0.39 is 11.7 Å². The standard InChI is InChI=1S/C19H28ClF3N4O/c1-3-4-5-6-14(2)25-17(28)13-26-7-9-27(10-8-26)18-16(20)11-15(12-24-18)19(21,22)23/h11-12,14H,3-10,13H2,1-2H3,(H,25,28)/p+2/t14-/m0/s1. The van der Waals surface area contributed by atoms with Crippen LogP contribution in [0, 0.1) is 0 Å². The maximum absolute atomic E-state index is 12.8. The smallest absolute Gasteiger partial charge is 0.349 e. The zero-order valence-electron chi connectivity index (χ0n) is 16.5. The van der Waals surface area contributed by atoms with Gasteiger partial charge < -0.3 is 10.2 Å². The number of hydrogen-bond acceptors (Lipinski definition) is 2. The van der Waals surface area contributed by atoms with Gasteiger partial charge in [-0.25, -0.2) is 9.88 Å². The Hall–Kier alpha value is -1.54. The van der Waals surface area contributed by atoms with Crippen molar-refractivity contribution in [1.29, 1.82) is 0 Å². The molecule has 1 fully saturated rings. The summed E-state index contributed by atoms with van der Waals surface area (Å²) in [5, 5.41) is 3.10. The molecule has 1 aliphatic heterocycles. The Morgan fingerprint density at radius 2 is 2.04 bits per heavy atom. The van der Waals surface area contributed by atoms with Gasteiger partial charge in [0, 0.05) is 6.04 Å². The molecule has 2 rings (SSSR count). The van der Waals surface area contributed by atoms with Crippen LogP contribution >= 0.6 is 11.6 Å². The van der Waals surface area contributed by atoms with E-state index in [-0.39, 0.29) is 17.0 Å². The van der Waals surface area contributed by atoms with Gasteiger partial charge in [0.05, 0.1) is 5.56 Å². The lowest BCUT2D eigenvalue weighted by molar-refractivity contribution is -0.892. The molecular formula is C19H30ClF3N4O+2. The van der Waals surface area contributed by atoms with Crippen molar-refractivity contribution in [3.63, 3.8) is 0 Å². The molecule has 1 aliphatic rings. The first kappa shape index (κ1) is 22.7. The van der Waals surface area contributed by atoms with Crippen LogP contribution in [0.15, 0.2) is 12.3 Å². The molecular weight excluding hydrogens is 393 g/mol. The van der Waals surface area contributed by atoms with Gasteiger partial charge in [-0.2, -0.15) is 13.2 Å². The molecule has 28 heavy (non-hydrogen) atoms. The van der Waals surface area contributed by atoms with Crippen LogP contribution in [-0.4, -0.2) is 44.7 Å². The van der Waals surface area contributed by atoms with Gasteiger partial charge in [-0.15, -0.1) is 0 Å². The van der Waals surface area contributed by atoms with Gasteiger partial charge in [0.25, 0.3) is 11.7 Å². The van der Waals surface area contributed by atoms with Gasteiger partial charge in [0.1, 0.15) is 37.4 Å². The van der Waals surface area contributed by atoms with Crippen LogP contribution in [0.1, 0.15) is 45.1 Å². The summed E-state index contributed by atoms with van der Waals surface area (Å²) in [6.07, 6.45) is 0.960. The highest BCUT2D eigenvalue weighted by Gasteiger charge is 2.35. The van der Waals surface area contributed by atoms with E-state index in [4.69, 9.17) is 11.6 Å². The molecule has 158 valence electrons. The van der Waals surface area contributed by atoms with Crippen LogP contribution in [0.2, 0.25) is 5.02 Å². The molecule has 0 aliphatic carbocycles. The summed E-state index contributed by atoms with van der Waals surface area (Å²) in [7, 11) is 0. The third-order valence-electron chi connectivity index (χ3n) is 5.05. The van der Waals surface area contributed by atoms with E-state index >= 15 is 0 Å². The highest BCUT2D eigenvalue weighted by Crippen LogP contribution is 2.31. The van der Waals surface area contributed by atoms with Crippen LogP contribution in [0.3, 0.4) is 0 Å². The third kappa shape index (κ3) is 6.81. The zero-order valence-corrected chi connectivity index (χ0v) is 17.2. The van der Waals surface area contributed by atoms with E-state index in [0.717, 1.165) is 49.5 Å². The second-order valence-electron chi connectivity index (χ2n) is 7.46. The van der Waals surface area contributed by atoms with Crippen LogP contribution in [-0.2, 0) is 11.0 Å². The zero-order chi connectivity index (χ0) is 20.7. The number of H-pyrrole nitrogens is 1. The first-order chi connectivity index (χ1) is 13.2. The average molecular weight is 423 g/mol. The van der Waals surface area contributed by atoms with Crippen LogP contribution < -0.4 is 20.1 Å². The Bertz CT molecular complexity index is 649. The molecule has 1 atom stereocenters. The van der Waals surface area contributed by atoms with Crippen molar-refractivity contribution in [3.05, 3.63) is 22.8 Å². The van der Waals surface area contributed by atoms with Gasteiger partial charge >= 0.3 is 6.18 Å². The van der Waals surface area contributed by atoms with Crippen LogP contribution in [0.5, 0.6) is 0 Å². The molecule has 5 nitrogen and oxygen atoms in total. The van der Waals surface area contributed by atoms with Gasteiger partial charge in [-0.1, -0.05) is 37.8 Å². The van der Waals surface area contributed by atoms with Crippen molar-refractivity contribution < 1.29 is 27.8 Å². The van der Waals surface area contributed by atoms with Crippen molar-refractivity contribution >= 4 is 23.3 Å². The van der Waals surface area contributed by atoms with E-state index in [2.05, 4.69) is 17.2 Å². The number of aromatic amines is 1. The highest BCUT2D eigenvalue weighted by molar-refractivity contribution is 6.32. The summed E-state index contributed by atoms with van der Waals surface area (Å²) in [5.74, 6) is 0.536. The minimum atomic E-state index is -4.43. The molecule has 2 heterocycles. The second kappa shape index (κ2) is 10.3. The first-order valence-corrected chi connectivity index (χ1v) is 10.2. The molecule has 0 bridgehead atoms. The van der Waals surface area contributed by atoms with E-state index in [0.29, 0.717) is 25.5 Å². The number of carbonyl (C=O) groups is 1. The molecule has 9 heteroatoms. The summed E-state index contributed by atoms with van der Waals surface area (Å²) < 4.78 is 38.3. The maximum atomic E-state index is 12.8. The molecule has 1 aromatic rings. The number of piperazine rings is 1. The van der Waals surface area contributed by atoms with Crippen molar-refractivity contribution in [2.24, 2.45) is 0 Å². The number of nitrogens with one attached hydrogen (secondary N) is 3. The number of amides is 1. The fourth-order valence-electron chi connectivity index (χ4n) is 3.42. The van der Waals surface area contributed by atoms with Crippen molar-refractivity contribution in [2.45, 2.75) is 51.7 Å². The number of pyridine rings is 1. The Balaban J connectivity index is 1.80. The molecule has 0 spiro atoms. The van der Waals surface area contributed by atoms with Gasteiger partial charge in [0.2, 0.25) is 0 Å². The normalized spacial score (nSPS) is 16.9. The number of anilines is 1. The fourth-order valence-corrected chi connectivity index (χ4v) is 3.71. The monoisotopic (exact) mass is 422 g/mol. The Morgan fingerprint density at radius 3 is 2.61 bits per heavy atom. The Labute approximate surface area is 169 Å². The van der Waals surface area contributed by atoms with E-state index in [9.17, 15) is 18.0 Å². The number of nitrogens with zero attached hydrogens (tertiary/aromatic N) is 1. The topological polar surface area (TPSA) is 50.9 Å². The van der Waals surface area contributed by atoms with E-state index in [1.165, 1.54) is 6.42 Å². The van der Waals surface area contributed by atoms with Gasteiger partial charge in [-0.05, 0) is 19.4 Å². The van der Waals surface area contributed by atoms with Crippen LogP contribution in [0.4, 0.5) is 19.0 Å². The lowest BCUT2D eigenvalue weighted by atomic mass is 10.1. The largest absolute Gasteiger partial charge is 0.419 e.